The molecule has 0 radical (unpaired) electrons. The Morgan fingerprint density at radius 3 is 2.67 bits per heavy atom. The van der Waals surface area contributed by atoms with Gasteiger partial charge in [-0.2, -0.15) is 0 Å². The molecule has 2 nitrogen and oxygen atoms in total. The predicted molar refractivity (Wildman–Crippen MR) is 84.7 cm³/mol. The lowest BCUT2D eigenvalue weighted by atomic mass is 10.1. The fourth-order valence-corrected chi connectivity index (χ4v) is 2.87. The third-order valence-corrected chi connectivity index (χ3v) is 4.14. The lowest BCUT2D eigenvalue weighted by molar-refractivity contribution is 0.0295. The largest absolute Gasteiger partial charge is 0.373 e. The van der Waals surface area contributed by atoms with E-state index in [2.05, 4.69) is 12.2 Å². The topological polar surface area (TPSA) is 21.3 Å². The van der Waals surface area contributed by atoms with E-state index >= 15 is 0 Å². The van der Waals surface area contributed by atoms with Crippen molar-refractivity contribution in [2.45, 2.75) is 71.1 Å². The molecule has 1 N–H and O–H groups in total. The van der Waals surface area contributed by atoms with Gasteiger partial charge in [0.15, 0.2) is 0 Å². The lowest BCUT2D eigenvalue weighted by Crippen LogP contribution is -2.15. The number of rotatable bonds is 7. The highest BCUT2D eigenvalue weighted by Crippen LogP contribution is 2.21. The van der Waals surface area contributed by atoms with Gasteiger partial charge in [-0.25, -0.2) is 4.39 Å². The van der Waals surface area contributed by atoms with Crippen LogP contribution in [0.15, 0.2) is 18.2 Å². The molecule has 2 rings (SSSR count). The van der Waals surface area contributed by atoms with Crippen LogP contribution >= 0.6 is 0 Å². The Balaban J connectivity index is 1.87. The Labute approximate surface area is 128 Å². The highest BCUT2D eigenvalue weighted by Gasteiger charge is 2.13. The summed E-state index contributed by atoms with van der Waals surface area (Å²) in [5.41, 5.74) is 1.82. The molecule has 0 spiro atoms. The van der Waals surface area contributed by atoms with Crippen molar-refractivity contribution < 1.29 is 9.13 Å². The normalized spacial score (nSPS) is 16.9. The highest BCUT2D eigenvalue weighted by atomic mass is 19.1. The van der Waals surface area contributed by atoms with E-state index in [1.165, 1.54) is 25.7 Å². The zero-order valence-electron chi connectivity index (χ0n) is 13.2. The van der Waals surface area contributed by atoms with Crippen LogP contribution in [0.5, 0.6) is 0 Å². The average molecular weight is 293 g/mol. The van der Waals surface area contributed by atoms with Gasteiger partial charge in [0.1, 0.15) is 5.82 Å². The lowest BCUT2D eigenvalue weighted by Gasteiger charge is -2.16. The first-order valence-corrected chi connectivity index (χ1v) is 8.39. The SMILES string of the molecule is CCCNCc1ccc(F)c(COC2CCCCCC2)c1. The van der Waals surface area contributed by atoms with Crippen molar-refractivity contribution in [1.82, 2.24) is 5.32 Å². The number of halogens is 1. The molecule has 21 heavy (non-hydrogen) atoms. The van der Waals surface area contributed by atoms with Gasteiger partial charge in [-0.1, -0.05) is 38.7 Å². The molecule has 3 heteroatoms. The van der Waals surface area contributed by atoms with E-state index in [9.17, 15) is 4.39 Å². The monoisotopic (exact) mass is 293 g/mol. The number of hydrogen-bond acceptors (Lipinski definition) is 2. The van der Waals surface area contributed by atoms with Crippen LogP contribution in [0.4, 0.5) is 4.39 Å². The van der Waals surface area contributed by atoms with Gasteiger partial charge in [-0.3, -0.25) is 0 Å². The van der Waals surface area contributed by atoms with Crippen molar-refractivity contribution in [3.8, 4) is 0 Å². The second-order valence-corrected chi connectivity index (χ2v) is 6.03. The van der Waals surface area contributed by atoms with Gasteiger partial charge in [0.25, 0.3) is 0 Å². The number of ether oxygens (including phenoxy) is 1. The van der Waals surface area contributed by atoms with Gasteiger partial charge >= 0.3 is 0 Å². The first-order chi connectivity index (χ1) is 10.3. The third kappa shape index (κ3) is 5.76. The molecule has 118 valence electrons. The number of benzene rings is 1. The van der Waals surface area contributed by atoms with E-state index in [-0.39, 0.29) is 5.82 Å². The van der Waals surface area contributed by atoms with E-state index in [1.54, 1.807) is 6.07 Å². The van der Waals surface area contributed by atoms with Crippen molar-refractivity contribution in [1.29, 1.82) is 0 Å². The molecule has 0 unspecified atom stereocenters. The summed E-state index contributed by atoms with van der Waals surface area (Å²) in [6.45, 7) is 4.33. The summed E-state index contributed by atoms with van der Waals surface area (Å²) in [5, 5.41) is 3.35. The summed E-state index contributed by atoms with van der Waals surface area (Å²) in [7, 11) is 0. The van der Waals surface area contributed by atoms with Gasteiger partial charge in [-0.15, -0.1) is 0 Å². The number of hydrogen-bond donors (Lipinski definition) is 1. The predicted octanol–water partition coefficient (Wildman–Crippen LogP) is 4.56. The van der Waals surface area contributed by atoms with Gasteiger partial charge in [-0.05, 0) is 43.5 Å². The summed E-state index contributed by atoms with van der Waals surface area (Å²) < 4.78 is 19.8. The Morgan fingerprint density at radius 1 is 1.19 bits per heavy atom. The second-order valence-electron chi connectivity index (χ2n) is 6.03. The van der Waals surface area contributed by atoms with Gasteiger partial charge in [0.2, 0.25) is 0 Å². The maximum absolute atomic E-state index is 13.9. The highest BCUT2D eigenvalue weighted by molar-refractivity contribution is 5.24. The standard InChI is InChI=1S/C18H28FNO/c1-2-11-20-13-15-9-10-18(19)16(12-15)14-21-17-7-5-3-4-6-8-17/h9-10,12,17,20H,2-8,11,13-14H2,1H3. The zero-order valence-corrected chi connectivity index (χ0v) is 13.2. The van der Waals surface area contributed by atoms with E-state index in [1.807, 2.05) is 12.1 Å². The minimum atomic E-state index is -0.150. The summed E-state index contributed by atoms with van der Waals surface area (Å²) in [5.74, 6) is -0.150. The quantitative estimate of drug-likeness (QED) is 0.587. The Bertz CT molecular complexity index is 414. The van der Waals surface area contributed by atoms with Crippen LogP contribution in [-0.2, 0) is 17.9 Å². The van der Waals surface area contributed by atoms with E-state index < -0.39 is 0 Å². The molecular weight excluding hydrogens is 265 g/mol. The molecule has 1 fully saturated rings. The maximum atomic E-state index is 13.9. The van der Waals surface area contributed by atoms with E-state index in [4.69, 9.17) is 4.74 Å². The van der Waals surface area contributed by atoms with Gasteiger partial charge in [0, 0.05) is 12.1 Å². The molecule has 0 aromatic heterocycles. The first-order valence-electron chi connectivity index (χ1n) is 8.39. The third-order valence-electron chi connectivity index (χ3n) is 4.14. The summed E-state index contributed by atoms with van der Waals surface area (Å²) >= 11 is 0. The zero-order chi connectivity index (χ0) is 14.9. The molecule has 0 bridgehead atoms. The van der Waals surface area contributed by atoms with Crippen LogP contribution in [0, 0.1) is 5.82 Å². The summed E-state index contributed by atoms with van der Waals surface area (Å²) in [6, 6.07) is 5.36. The molecule has 1 aromatic carbocycles. The van der Waals surface area contributed by atoms with Crippen LogP contribution in [0.2, 0.25) is 0 Å². The minimum Gasteiger partial charge on any atom is -0.373 e. The van der Waals surface area contributed by atoms with Crippen molar-refractivity contribution in [3.63, 3.8) is 0 Å². The van der Waals surface area contributed by atoms with Crippen LogP contribution < -0.4 is 5.32 Å². The molecule has 1 saturated carbocycles. The van der Waals surface area contributed by atoms with Gasteiger partial charge < -0.3 is 10.1 Å². The van der Waals surface area contributed by atoms with Crippen LogP contribution in [0.1, 0.15) is 63.0 Å². The van der Waals surface area contributed by atoms with Crippen LogP contribution in [-0.4, -0.2) is 12.6 Å². The van der Waals surface area contributed by atoms with Crippen LogP contribution in [0.25, 0.3) is 0 Å². The van der Waals surface area contributed by atoms with Crippen molar-refractivity contribution in [2.75, 3.05) is 6.54 Å². The summed E-state index contributed by atoms with van der Waals surface area (Å²) in [6.07, 6.45) is 8.79. The fourth-order valence-electron chi connectivity index (χ4n) is 2.87. The fraction of sp³-hybridized carbons (Fsp3) is 0.667. The minimum absolute atomic E-state index is 0.150. The molecule has 0 atom stereocenters. The molecule has 0 aliphatic heterocycles. The molecule has 1 aliphatic rings. The van der Waals surface area contributed by atoms with E-state index in [0.717, 1.165) is 37.9 Å². The molecular formula is C18H28FNO. The van der Waals surface area contributed by atoms with Gasteiger partial charge in [0.05, 0.1) is 12.7 Å². The van der Waals surface area contributed by atoms with Crippen molar-refractivity contribution >= 4 is 0 Å². The van der Waals surface area contributed by atoms with Crippen molar-refractivity contribution in [3.05, 3.63) is 35.1 Å². The van der Waals surface area contributed by atoms with Crippen LogP contribution in [0.3, 0.4) is 0 Å². The second kappa shape index (κ2) is 9.16. The molecule has 1 aliphatic carbocycles. The molecule has 0 heterocycles. The van der Waals surface area contributed by atoms with Crippen molar-refractivity contribution in [2.24, 2.45) is 0 Å². The Morgan fingerprint density at radius 2 is 1.95 bits per heavy atom. The smallest absolute Gasteiger partial charge is 0.128 e. The maximum Gasteiger partial charge on any atom is 0.128 e. The molecule has 0 amide bonds. The summed E-state index contributed by atoms with van der Waals surface area (Å²) in [4.78, 5) is 0. The van der Waals surface area contributed by atoms with E-state index in [0.29, 0.717) is 18.3 Å². The average Bonchev–Trinajstić information content (AvgIpc) is 2.76. The molecule has 0 saturated heterocycles. The Kier molecular flexibility index (Phi) is 7.17. The Hall–Kier alpha value is -0.930. The molecule has 1 aromatic rings. The number of nitrogens with one attached hydrogen (secondary N) is 1. The first kappa shape index (κ1) is 16.4.